The lowest BCUT2D eigenvalue weighted by molar-refractivity contribution is 0.413. The number of hydrogen-bond acceptors (Lipinski definition) is 2. The van der Waals surface area contributed by atoms with Crippen LogP contribution in [0.1, 0.15) is 26.2 Å². The summed E-state index contributed by atoms with van der Waals surface area (Å²) < 4.78 is 28.5. The summed E-state index contributed by atoms with van der Waals surface area (Å²) in [6.07, 6.45) is 2.67. The Morgan fingerprint density at radius 3 is 2.12 bits per heavy atom. The van der Waals surface area contributed by atoms with Crippen molar-refractivity contribution in [3.63, 3.8) is 0 Å². The molecule has 0 amide bonds. The van der Waals surface area contributed by atoms with E-state index in [1.807, 2.05) is 6.92 Å². The maximum absolute atomic E-state index is 12.1. The van der Waals surface area contributed by atoms with E-state index in [0.717, 1.165) is 19.3 Å². The second-order valence-corrected chi connectivity index (χ2v) is 6.91. The van der Waals surface area contributed by atoms with Crippen LogP contribution in [0.5, 0.6) is 0 Å². The van der Waals surface area contributed by atoms with Crippen molar-refractivity contribution in [2.75, 3.05) is 23.7 Å². The van der Waals surface area contributed by atoms with Crippen LogP contribution in [0.3, 0.4) is 0 Å². The third-order valence-electron chi connectivity index (χ3n) is 2.94. The Bertz CT molecular complexity index is 303. The van der Waals surface area contributed by atoms with E-state index < -0.39 is 15.7 Å². The lowest BCUT2D eigenvalue weighted by atomic mass is 10.0. The second-order valence-electron chi connectivity index (χ2n) is 4.11. The molecule has 0 saturated carbocycles. The molecular weight excluding hydrogens is 360 g/mol. The zero-order chi connectivity index (χ0) is 12.2. The van der Waals surface area contributed by atoms with Crippen molar-refractivity contribution in [2.45, 2.75) is 31.7 Å². The van der Waals surface area contributed by atoms with Gasteiger partial charge in [0.25, 0.3) is 10.2 Å². The Morgan fingerprint density at radius 1 is 1.25 bits per heavy atom. The Morgan fingerprint density at radius 2 is 1.75 bits per heavy atom. The molecule has 1 N–H and O–H groups in total. The fourth-order valence-corrected chi connectivity index (χ4v) is 5.70. The molecule has 0 atom stereocenters. The van der Waals surface area contributed by atoms with Crippen molar-refractivity contribution in [3.05, 3.63) is 0 Å². The Kier molecular flexibility index (Phi) is 5.71. The number of alkyl halides is 2. The highest BCUT2D eigenvalue weighted by Crippen LogP contribution is 2.20. The van der Waals surface area contributed by atoms with Crippen molar-refractivity contribution < 1.29 is 8.42 Å². The number of hydrogen-bond donors (Lipinski definition) is 1. The van der Waals surface area contributed by atoms with Gasteiger partial charge in [-0.2, -0.15) is 17.4 Å². The lowest BCUT2D eigenvalue weighted by Crippen LogP contribution is -2.55. The SMILES string of the molecule is CCC(CBr)(CBr)NS(=O)(=O)N1CCCC1. The van der Waals surface area contributed by atoms with E-state index in [9.17, 15) is 8.42 Å². The number of nitrogens with zero attached hydrogens (tertiary/aromatic N) is 1. The summed E-state index contributed by atoms with van der Waals surface area (Å²) in [4.78, 5) is 0. The van der Waals surface area contributed by atoms with Gasteiger partial charge in [0, 0.05) is 23.7 Å². The van der Waals surface area contributed by atoms with Crippen molar-refractivity contribution in [1.29, 1.82) is 0 Å². The molecule has 1 aliphatic rings. The molecule has 0 aliphatic carbocycles. The van der Waals surface area contributed by atoms with Gasteiger partial charge < -0.3 is 0 Å². The molecule has 1 fully saturated rings. The molecule has 1 saturated heterocycles. The van der Waals surface area contributed by atoms with Gasteiger partial charge in [0.05, 0.1) is 5.54 Å². The molecule has 0 aromatic carbocycles. The minimum Gasteiger partial charge on any atom is -0.195 e. The van der Waals surface area contributed by atoms with Gasteiger partial charge in [-0.1, -0.05) is 38.8 Å². The molecule has 96 valence electrons. The second kappa shape index (κ2) is 6.13. The summed E-state index contributed by atoms with van der Waals surface area (Å²) in [6, 6.07) is 0. The maximum atomic E-state index is 12.1. The first kappa shape index (κ1) is 14.9. The molecule has 0 bridgehead atoms. The van der Waals surface area contributed by atoms with E-state index in [1.165, 1.54) is 4.31 Å². The van der Waals surface area contributed by atoms with E-state index in [1.54, 1.807) is 0 Å². The molecular formula is C9H18Br2N2O2S. The summed E-state index contributed by atoms with van der Waals surface area (Å²) in [5, 5.41) is 1.21. The van der Waals surface area contributed by atoms with Gasteiger partial charge in [-0.15, -0.1) is 0 Å². The summed E-state index contributed by atoms with van der Waals surface area (Å²) in [7, 11) is -3.33. The predicted octanol–water partition coefficient (Wildman–Crippen LogP) is 1.86. The largest absolute Gasteiger partial charge is 0.280 e. The summed E-state index contributed by atoms with van der Waals surface area (Å²) >= 11 is 6.76. The van der Waals surface area contributed by atoms with E-state index in [0.29, 0.717) is 23.7 Å². The quantitative estimate of drug-likeness (QED) is 0.718. The molecule has 7 heteroatoms. The first-order valence-corrected chi connectivity index (χ1v) is 9.09. The van der Waals surface area contributed by atoms with Crippen LogP contribution in [-0.2, 0) is 10.2 Å². The Labute approximate surface area is 115 Å². The van der Waals surface area contributed by atoms with Gasteiger partial charge in [-0.05, 0) is 19.3 Å². The third kappa shape index (κ3) is 3.41. The summed E-state index contributed by atoms with van der Waals surface area (Å²) in [5.41, 5.74) is -0.429. The zero-order valence-corrected chi connectivity index (χ0v) is 13.4. The van der Waals surface area contributed by atoms with E-state index >= 15 is 0 Å². The molecule has 0 radical (unpaired) electrons. The van der Waals surface area contributed by atoms with Gasteiger partial charge in [-0.25, -0.2) is 0 Å². The van der Waals surface area contributed by atoms with Crippen LogP contribution in [0.4, 0.5) is 0 Å². The topological polar surface area (TPSA) is 49.4 Å². The van der Waals surface area contributed by atoms with Gasteiger partial charge in [0.1, 0.15) is 0 Å². The van der Waals surface area contributed by atoms with Gasteiger partial charge in [0.2, 0.25) is 0 Å². The average Bonchev–Trinajstić information content (AvgIpc) is 2.80. The highest BCUT2D eigenvalue weighted by molar-refractivity contribution is 9.09. The van der Waals surface area contributed by atoms with Crippen LogP contribution < -0.4 is 4.72 Å². The molecule has 0 aromatic heterocycles. The number of nitrogens with one attached hydrogen (secondary N) is 1. The van der Waals surface area contributed by atoms with E-state index in [2.05, 4.69) is 36.6 Å². The van der Waals surface area contributed by atoms with Crippen molar-refractivity contribution in [3.8, 4) is 0 Å². The predicted molar refractivity (Wildman–Crippen MR) is 73.5 cm³/mol. The van der Waals surface area contributed by atoms with Crippen molar-refractivity contribution in [1.82, 2.24) is 9.03 Å². The molecule has 1 rings (SSSR count). The number of halogens is 2. The van der Waals surface area contributed by atoms with Gasteiger partial charge in [-0.3, -0.25) is 0 Å². The molecule has 4 nitrogen and oxygen atoms in total. The van der Waals surface area contributed by atoms with Gasteiger partial charge in [0.15, 0.2) is 0 Å². The van der Waals surface area contributed by atoms with Crippen LogP contribution in [0, 0.1) is 0 Å². The van der Waals surface area contributed by atoms with Crippen molar-refractivity contribution >= 4 is 42.1 Å². The Hall–Kier alpha value is 0.830. The van der Waals surface area contributed by atoms with Crippen LogP contribution >= 0.6 is 31.9 Å². The van der Waals surface area contributed by atoms with Crippen LogP contribution in [0.2, 0.25) is 0 Å². The molecule has 16 heavy (non-hydrogen) atoms. The molecule has 1 heterocycles. The highest BCUT2D eigenvalue weighted by Gasteiger charge is 2.35. The zero-order valence-electron chi connectivity index (χ0n) is 9.38. The average molecular weight is 378 g/mol. The first-order chi connectivity index (χ1) is 7.49. The number of rotatable bonds is 6. The minimum absolute atomic E-state index is 0.429. The maximum Gasteiger partial charge on any atom is 0.280 e. The van der Waals surface area contributed by atoms with Crippen LogP contribution in [-0.4, -0.2) is 42.0 Å². The standard InChI is InChI=1S/C9H18Br2N2O2S/c1-2-9(7-10,8-11)12-16(14,15)13-5-3-4-6-13/h12H,2-8H2,1H3. The van der Waals surface area contributed by atoms with Crippen LogP contribution in [0.25, 0.3) is 0 Å². The molecule has 0 unspecified atom stereocenters. The van der Waals surface area contributed by atoms with E-state index in [-0.39, 0.29) is 0 Å². The minimum atomic E-state index is -3.33. The first-order valence-electron chi connectivity index (χ1n) is 5.40. The lowest BCUT2D eigenvalue weighted by Gasteiger charge is -2.31. The third-order valence-corrected chi connectivity index (χ3v) is 6.82. The normalized spacial score (nSPS) is 19.2. The summed E-state index contributed by atoms with van der Waals surface area (Å²) in [5.74, 6) is 0. The fraction of sp³-hybridized carbons (Fsp3) is 1.00. The highest BCUT2D eigenvalue weighted by atomic mass is 79.9. The molecule has 0 spiro atoms. The smallest absolute Gasteiger partial charge is 0.195 e. The molecule has 1 aliphatic heterocycles. The monoisotopic (exact) mass is 376 g/mol. The summed E-state index contributed by atoms with van der Waals surface area (Å²) in [6.45, 7) is 3.26. The van der Waals surface area contributed by atoms with Crippen LogP contribution in [0.15, 0.2) is 0 Å². The van der Waals surface area contributed by atoms with E-state index in [4.69, 9.17) is 0 Å². The molecule has 0 aromatic rings. The van der Waals surface area contributed by atoms with Gasteiger partial charge >= 0.3 is 0 Å². The van der Waals surface area contributed by atoms with Crippen molar-refractivity contribution in [2.24, 2.45) is 0 Å². The fourth-order valence-electron chi connectivity index (χ4n) is 1.62. The Balaban J connectivity index is 2.76.